The Hall–Kier alpha value is -3.22. The molecule has 0 atom stereocenters. The smallest absolute Gasteiger partial charge is 0.162 e. The zero-order chi connectivity index (χ0) is 28.7. The number of nitrogens with zero attached hydrogens (tertiary/aromatic N) is 1. The number of hydrogen-bond donors (Lipinski definition) is 2. The monoisotopic (exact) mass is 548 g/mol. The second kappa shape index (κ2) is 16.7. The maximum atomic E-state index is 10.3. The predicted molar refractivity (Wildman–Crippen MR) is 168 cm³/mol. The van der Waals surface area contributed by atoms with E-state index in [-0.39, 0.29) is 5.41 Å². The number of likely N-dealkylation sites (tertiary alicyclic amines) is 1. The van der Waals surface area contributed by atoms with Crippen molar-refractivity contribution < 1.29 is 14.3 Å². The standard InChI is InChI=1S/C13H16OS.C11H15N.C9H13NO2/c1-13(2,3)11-6-4-10(5-7-11)12(15)8-9-14;1-2-6-11(7-3-1)10-12-8-4-5-9-12;1-10-7-4-5-8(11-2)9(6-7)12-3/h4-9,15H,1-3H3;1-3,6-7H,4-5,8-10H2;4-6,10H,1-3H3/b12-8-;;. The normalized spacial score (nSPS) is 13.4. The summed E-state index contributed by atoms with van der Waals surface area (Å²) in [6.45, 7) is 10.2. The van der Waals surface area contributed by atoms with Crippen LogP contribution in [0, 0.1) is 0 Å². The van der Waals surface area contributed by atoms with Crippen molar-refractivity contribution >= 4 is 29.5 Å². The molecule has 0 aliphatic carbocycles. The van der Waals surface area contributed by atoms with Gasteiger partial charge in [-0.15, -0.1) is 12.6 Å². The van der Waals surface area contributed by atoms with Gasteiger partial charge in [-0.2, -0.15) is 0 Å². The maximum absolute atomic E-state index is 10.3. The first-order valence-electron chi connectivity index (χ1n) is 13.3. The minimum atomic E-state index is 0.156. The van der Waals surface area contributed by atoms with E-state index in [1.807, 2.05) is 37.4 Å². The lowest BCUT2D eigenvalue weighted by molar-refractivity contribution is -0.104. The van der Waals surface area contributed by atoms with E-state index in [0.717, 1.165) is 35.6 Å². The third kappa shape index (κ3) is 11.2. The van der Waals surface area contributed by atoms with Gasteiger partial charge in [-0.3, -0.25) is 9.69 Å². The topological polar surface area (TPSA) is 50.8 Å². The van der Waals surface area contributed by atoms with Crippen molar-refractivity contribution in [1.82, 2.24) is 4.90 Å². The van der Waals surface area contributed by atoms with Crippen molar-refractivity contribution in [1.29, 1.82) is 0 Å². The second-order valence-electron chi connectivity index (χ2n) is 10.3. The molecule has 0 radical (unpaired) electrons. The molecule has 1 aliphatic heterocycles. The van der Waals surface area contributed by atoms with Crippen molar-refractivity contribution in [3.05, 3.63) is 95.6 Å². The Kier molecular flexibility index (Phi) is 13.7. The number of anilines is 1. The number of rotatable bonds is 7. The first-order chi connectivity index (χ1) is 18.7. The highest BCUT2D eigenvalue weighted by Gasteiger charge is 2.13. The molecule has 0 unspecified atom stereocenters. The van der Waals surface area contributed by atoms with Crippen LogP contribution >= 0.6 is 12.6 Å². The summed E-state index contributed by atoms with van der Waals surface area (Å²) in [5, 5.41) is 3.02. The van der Waals surface area contributed by atoms with Crippen LogP contribution in [0.15, 0.2) is 78.9 Å². The fourth-order valence-electron chi connectivity index (χ4n) is 4.08. The molecule has 3 aromatic rings. The molecule has 1 fully saturated rings. The number of thiol groups is 1. The van der Waals surface area contributed by atoms with Gasteiger partial charge >= 0.3 is 0 Å². The van der Waals surface area contributed by atoms with E-state index in [9.17, 15) is 4.79 Å². The number of carbonyl (C=O) groups is 1. The number of methoxy groups -OCH3 is 2. The van der Waals surface area contributed by atoms with Crippen LogP contribution in [0.1, 0.15) is 50.3 Å². The van der Waals surface area contributed by atoms with E-state index in [2.05, 4.69) is 86.1 Å². The van der Waals surface area contributed by atoms with Crippen LogP contribution in [0.2, 0.25) is 0 Å². The van der Waals surface area contributed by atoms with Crippen LogP contribution < -0.4 is 14.8 Å². The van der Waals surface area contributed by atoms with Gasteiger partial charge in [0.1, 0.15) is 6.29 Å². The Morgan fingerprint density at radius 1 is 0.923 bits per heavy atom. The van der Waals surface area contributed by atoms with E-state index in [4.69, 9.17) is 9.47 Å². The van der Waals surface area contributed by atoms with E-state index >= 15 is 0 Å². The third-order valence-electron chi connectivity index (χ3n) is 6.39. The predicted octanol–water partition coefficient (Wildman–Crippen LogP) is 7.48. The number of benzene rings is 3. The molecular formula is C33H44N2O3S. The minimum Gasteiger partial charge on any atom is -0.493 e. The highest BCUT2D eigenvalue weighted by molar-refractivity contribution is 7.90. The molecule has 39 heavy (non-hydrogen) atoms. The zero-order valence-electron chi connectivity index (χ0n) is 24.2. The average Bonchev–Trinajstić information content (AvgIpc) is 3.46. The number of nitrogens with one attached hydrogen (secondary N) is 1. The fraction of sp³-hybridized carbons (Fsp3) is 0.364. The summed E-state index contributed by atoms with van der Waals surface area (Å²) < 4.78 is 10.2. The van der Waals surface area contributed by atoms with E-state index in [0.29, 0.717) is 4.91 Å². The molecule has 3 aromatic carbocycles. The lowest BCUT2D eigenvalue weighted by Gasteiger charge is -2.19. The van der Waals surface area contributed by atoms with Gasteiger partial charge in [0.2, 0.25) is 0 Å². The molecular weight excluding hydrogens is 504 g/mol. The number of aldehydes is 1. The Morgan fingerprint density at radius 3 is 2.05 bits per heavy atom. The summed E-state index contributed by atoms with van der Waals surface area (Å²) in [5.74, 6) is 1.49. The lowest BCUT2D eigenvalue weighted by Crippen LogP contribution is -2.18. The first-order valence-corrected chi connectivity index (χ1v) is 13.8. The van der Waals surface area contributed by atoms with E-state index in [1.54, 1.807) is 14.2 Å². The molecule has 0 saturated carbocycles. The molecule has 0 aromatic heterocycles. The van der Waals surface area contributed by atoms with Gasteiger partial charge in [0.25, 0.3) is 0 Å². The van der Waals surface area contributed by atoms with Crippen molar-refractivity contribution in [3.63, 3.8) is 0 Å². The molecule has 210 valence electrons. The summed E-state index contributed by atoms with van der Waals surface area (Å²) >= 11 is 4.24. The Bertz CT molecular complexity index is 1150. The summed E-state index contributed by atoms with van der Waals surface area (Å²) in [6, 6.07) is 24.5. The molecule has 0 spiro atoms. The van der Waals surface area contributed by atoms with E-state index in [1.165, 1.54) is 43.1 Å². The lowest BCUT2D eigenvalue weighted by atomic mass is 9.87. The molecule has 5 nitrogen and oxygen atoms in total. The maximum Gasteiger partial charge on any atom is 0.162 e. The van der Waals surface area contributed by atoms with Gasteiger partial charge in [0.05, 0.1) is 14.2 Å². The van der Waals surface area contributed by atoms with Crippen LogP contribution in [-0.2, 0) is 16.8 Å². The minimum absolute atomic E-state index is 0.156. The molecule has 1 saturated heterocycles. The van der Waals surface area contributed by atoms with Crippen molar-refractivity contribution in [3.8, 4) is 11.5 Å². The molecule has 1 aliphatic rings. The van der Waals surface area contributed by atoms with Crippen molar-refractivity contribution in [2.75, 3.05) is 39.7 Å². The number of allylic oxidation sites excluding steroid dienone is 1. The summed E-state index contributed by atoms with van der Waals surface area (Å²) in [6.07, 6.45) is 4.97. The van der Waals surface area contributed by atoms with Crippen LogP contribution in [-0.4, -0.2) is 45.5 Å². The Labute approximate surface area is 240 Å². The van der Waals surface area contributed by atoms with Gasteiger partial charge < -0.3 is 14.8 Å². The molecule has 0 amide bonds. The second-order valence-corrected chi connectivity index (χ2v) is 10.8. The van der Waals surface area contributed by atoms with Crippen LogP contribution in [0.4, 0.5) is 5.69 Å². The van der Waals surface area contributed by atoms with Gasteiger partial charge in [-0.25, -0.2) is 0 Å². The SMILES string of the molecule is CC(C)(C)c1ccc(/C(S)=C/C=O)cc1.CNc1ccc(OC)c(OC)c1.c1ccc(CN2CCCC2)cc1. The van der Waals surface area contributed by atoms with Gasteiger partial charge in [0, 0.05) is 30.3 Å². The summed E-state index contributed by atoms with van der Waals surface area (Å²) in [7, 11) is 5.11. The van der Waals surface area contributed by atoms with E-state index < -0.39 is 0 Å². The van der Waals surface area contributed by atoms with Crippen LogP contribution in [0.3, 0.4) is 0 Å². The van der Waals surface area contributed by atoms with Crippen molar-refractivity contribution in [2.45, 2.75) is 45.6 Å². The largest absolute Gasteiger partial charge is 0.493 e. The highest BCUT2D eigenvalue weighted by Crippen LogP contribution is 2.29. The summed E-state index contributed by atoms with van der Waals surface area (Å²) in [5.41, 5.74) is 4.85. The quantitative estimate of drug-likeness (QED) is 0.182. The van der Waals surface area contributed by atoms with Gasteiger partial charge in [-0.05, 0) is 66.2 Å². The average molecular weight is 549 g/mol. The first kappa shape index (κ1) is 32.0. The zero-order valence-corrected chi connectivity index (χ0v) is 25.1. The van der Waals surface area contributed by atoms with Crippen LogP contribution in [0.5, 0.6) is 11.5 Å². The molecule has 6 heteroatoms. The summed E-state index contributed by atoms with van der Waals surface area (Å²) in [4.78, 5) is 13.5. The molecule has 4 rings (SSSR count). The highest BCUT2D eigenvalue weighted by atomic mass is 32.1. The van der Waals surface area contributed by atoms with Crippen LogP contribution in [0.25, 0.3) is 4.91 Å². The molecule has 1 heterocycles. The fourth-order valence-corrected chi connectivity index (χ4v) is 4.29. The number of hydrogen-bond acceptors (Lipinski definition) is 6. The Balaban J connectivity index is 0.000000207. The van der Waals surface area contributed by atoms with Crippen molar-refractivity contribution in [2.24, 2.45) is 0 Å². The number of ether oxygens (including phenoxy) is 2. The molecule has 1 N–H and O–H groups in total. The Morgan fingerprint density at radius 2 is 1.54 bits per heavy atom. The molecule has 0 bridgehead atoms. The third-order valence-corrected chi connectivity index (χ3v) is 6.80. The number of carbonyl (C=O) groups excluding carboxylic acids is 1. The van der Waals surface area contributed by atoms with Gasteiger partial charge in [-0.1, -0.05) is 75.4 Å². The van der Waals surface area contributed by atoms with Gasteiger partial charge in [0.15, 0.2) is 11.5 Å².